The number of aryl methyl sites for hydroxylation is 1. The fraction of sp³-hybridized carbons (Fsp3) is 0.333. The SMILES string of the molecule is CN(C)C(CNC(=O)Cn1c(=O)n(C)c2ccccc21)Cc1ccccc1. The molecule has 27 heavy (non-hydrogen) atoms. The number of nitrogens with one attached hydrogen (secondary N) is 1. The van der Waals surface area contributed by atoms with E-state index in [1.54, 1.807) is 11.6 Å². The van der Waals surface area contributed by atoms with Gasteiger partial charge in [0.15, 0.2) is 0 Å². The minimum absolute atomic E-state index is 0.0195. The van der Waals surface area contributed by atoms with Gasteiger partial charge in [-0.15, -0.1) is 0 Å². The van der Waals surface area contributed by atoms with E-state index in [4.69, 9.17) is 0 Å². The van der Waals surface area contributed by atoms with Crippen LogP contribution in [0.5, 0.6) is 0 Å². The van der Waals surface area contributed by atoms with Gasteiger partial charge in [-0.3, -0.25) is 13.9 Å². The van der Waals surface area contributed by atoms with E-state index in [0.717, 1.165) is 17.5 Å². The van der Waals surface area contributed by atoms with E-state index < -0.39 is 0 Å². The Labute approximate surface area is 159 Å². The molecule has 1 heterocycles. The highest BCUT2D eigenvalue weighted by atomic mass is 16.2. The quantitative estimate of drug-likeness (QED) is 0.691. The number of benzene rings is 2. The molecule has 3 rings (SSSR count). The van der Waals surface area contributed by atoms with Crippen LogP contribution in [0.3, 0.4) is 0 Å². The summed E-state index contributed by atoms with van der Waals surface area (Å²) in [6.45, 7) is 0.548. The Morgan fingerprint density at radius 3 is 2.33 bits per heavy atom. The predicted molar refractivity (Wildman–Crippen MR) is 108 cm³/mol. The minimum Gasteiger partial charge on any atom is -0.353 e. The van der Waals surface area contributed by atoms with Gasteiger partial charge < -0.3 is 10.2 Å². The molecular formula is C21H26N4O2. The Bertz CT molecular complexity index is 973. The van der Waals surface area contributed by atoms with E-state index in [1.165, 1.54) is 10.1 Å². The lowest BCUT2D eigenvalue weighted by molar-refractivity contribution is -0.121. The van der Waals surface area contributed by atoms with Crippen LogP contribution in [0, 0.1) is 0 Å². The molecule has 0 aliphatic heterocycles. The Hall–Kier alpha value is -2.86. The lowest BCUT2D eigenvalue weighted by atomic mass is 10.1. The van der Waals surface area contributed by atoms with Gasteiger partial charge in [0, 0.05) is 19.6 Å². The van der Waals surface area contributed by atoms with E-state index >= 15 is 0 Å². The highest BCUT2D eigenvalue weighted by molar-refractivity contribution is 5.80. The standard InChI is InChI=1S/C21H26N4O2/c1-23(2)17(13-16-9-5-4-6-10-16)14-22-20(26)15-25-19-12-8-7-11-18(19)24(3)21(25)27/h4-12,17H,13-15H2,1-3H3,(H,22,26). The number of aromatic nitrogens is 2. The van der Waals surface area contributed by atoms with E-state index in [1.807, 2.05) is 56.6 Å². The van der Waals surface area contributed by atoms with Crippen molar-refractivity contribution >= 4 is 16.9 Å². The summed E-state index contributed by atoms with van der Waals surface area (Å²) in [4.78, 5) is 27.1. The van der Waals surface area contributed by atoms with Crippen LogP contribution in [0.25, 0.3) is 11.0 Å². The van der Waals surface area contributed by atoms with Crippen molar-refractivity contribution in [3.05, 3.63) is 70.6 Å². The van der Waals surface area contributed by atoms with Crippen molar-refractivity contribution in [2.24, 2.45) is 7.05 Å². The van der Waals surface area contributed by atoms with Gasteiger partial charge in [-0.05, 0) is 38.2 Å². The summed E-state index contributed by atoms with van der Waals surface area (Å²) in [7, 11) is 5.74. The monoisotopic (exact) mass is 366 g/mol. The third-order valence-electron chi connectivity index (χ3n) is 4.93. The smallest absolute Gasteiger partial charge is 0.329 e. The third kappa shape index (κ3) is 4.28. The summed E-state index contributed by atoms with van der Waals surface area (Å²) in [5, 5.41) is 2.98. The largest absolute Gasteiger partial charge is 0.353 e. The van der Waals surface area contributed by atoms with Crippen LogP contribution < -0.4 is 11.0 Å². The Morgan fingerprint density at radius 2 is 1.67 bits per heavy atom. The maximum Gasteiger partial charge on any atom is 0.329 e. The molecule has 6 nitrogen and oxygen atoms in total. The molecule has 142 valence electrons. The molecule has 2 aromatic carbocycles. The van der Waals surface area contributed by atoms with E-state index in [9.17, 15) is 9.59 Å². The van der Waals surface area contributed by atoms with Crippen LogP contribution in [-0.4, -0.2) is 46.6 Å². The number of nitrogens with zero attached hydrogens (tertiary/aromatic N) is 3. The van der Waals surface area contributed by atoms with E-state index in [-0.39, 0.29) is 24.2 Å². The van der Waals surface area contributed by atoms with Crippen molar-refractivity contribution in [2.75, 3.05) is 20.6 Å². The van der Waals surface area contributed by atoms with Gasteiger partial charge in [0.05, 0.1) is 11.0 Å². The molecule has 0 saturated heterocycles. The summed E-state index contributed by atoms with van der Waals surface area (Å²) >= 11 is 0. The molecule has 0 saturated carbocycles. The highest BCUT2D eigenvalue weighted by Crippen LogP contribution is 2.11. The summed E-state index contributed by atoms with van der Waals surface area (Å²) < 4.78 is 3.09. The van der Waals surface area contributed by atoms with Gasteiger partial charge in [-0.1, -0.05) is 42.5 Å². The van der Waals surface area contributed by atoms with Crippen molar-refractivity contribution < 1.29 is 4.79 Å². The van der Waals surface area contributed by atoms with Gasteiger partial charge in [0.2, 0.25) is 5.91 Å². The average Bonchev–Trinajstić information content (AvgIpc) is 2.91. The number of fused-ring (bicyclic) bond motifs is 1. The molecule has 1 amide bonds. The van der Waals surface area contributed by atoms with Crippen LogP contribution in [0.1, 0.15) is 5.56 Å². The molecule has 0 spiro atoms. The molecule has 6 heteroatoms. The zero-order valence-corrected chi connectivity index (χ0v) is 16.1. The highest BCUT2D eigenvalue weighted by Gasteiger charge is 2.16. The Kier molecular flexibility index (Phi) is 5.76. The molecule has 3 aromatic rings. The Balaban J connectivity index is 1.67. The van der Waals surface area contributed by atoms with Crippen LogP contribution >= 0.6 is 0 Å². The topological polar surface area (TPSA) is 59.3 Å². The number of likely N-dealkylation sites (N-methyl/N-ethyl adjacent to an activating group) is 1. The van der Waals surface area contributed by atoms with Gasteiger partial charge in [0.25, 0.3) is 0 Å². The zero-order chi connectivity index (χ0) is 19.4. The third-order valence-corrected chi connectivity index (χ3v) is 4.93. The zero-order valence-electron chi connectivity index (χ0n) is 16.1. The van der Waals surface area contributed by atoms with Crippen LogP contribution in [0.2, 0.25) is 0 Å². The number of rotatable bonds is 7. The lowest BCUT2D eigenvalue weighted by Gasteiger charge is -2.24. The van der Waals surface area contributed by atoms with E-state index in [0.29, 0.717) is 6.54 Å². The first-order valence-corrected chi connectivity index (χ1v) is 9.08. The van der Waals surface area contributed by atoms with Crippen LogP contribution in [-0.2, 0) is 24.8 Å². The predicted octanol–water partition coefficient (Wildman–Crippen LogP) is 1.63. The van der Waals surface area contributed by atoms with Crippen LogP contribution in [0.15, 0.2) is 59.4 Å². The summed E-state index contributed by atoms with van der Waals surface area (Å²) in [6.07, 6.45) is 0.850. The second-order valence-corrected chi connectivity index (χ2v) is 7.03. The first-order valence-electron chi connectivity index (χ1n) is 9.08. The number of hydrogen-bond donors (Lipinski definition) is 1. The number of carbonyl (C=O) groups excluding carboxylic acids is 1. The van der Waals surface area contributed by atoms with Crippen molar-refractivity contribution in [3.8, 4) is 0 Å². The van der Waals surface area contributed by atoms with Crippen LogP contribution in [0.4, 0.5) is 0 Å². The summed E-state index contributed by atoms with van der Waals surface area (Å²) in [6, 6.07) is 17.9. The second kappa shape index (κ2) is 8.22. The van der Waals surface area contributed by atoms with Crippen molar-refractivity contribution in [2.45, 2.75) is 19.0 Å². The molecule has 0 aliphatic rings. The van der Waals surface area contributed by atoms with E-state index in [2.05, 4.69) is 22.3 Å². The van der Waals surface area contributed by atoms with Gasteiger partial charge in [0.1, 0.15) is 6.54 Å². The molecule has 0 bridgehead atoms. The number of para-hydroxylation sites is 2. The summed E-state index contributed by atoms with van der Waals surface area (Å²) in [5.74, 6) is -0.159. The molecule has 1 N–H and O–H groups in total. The first kappa shape index (κ1) is 18.9. The van der Waals surface area contributed by atoms with Crippen molar-refractivity contribution in [1.29, 1.82) is 0 Å². The Morgan fingerprint density at radius 1 is 1.04 bits per heavy atom. The molecule has 1 aromatic heterocycles. The van der Waals surface area contributed by atoms with Gasteiger partial charge in [-0.2, -0.15) is 0 Å². The molecule has 1 atom stereocenters. The fourth-order valence-electron chi connectivity index (χ4n) is 3.27. The maximum atomic E-state index is 12.5. The van der Waals surface area contributed by atoms with Crippen molar-refractivity contribution in [1.82, 2.24) is 19.4 Å². The molecule has 0 fully saturated rings. The molecule has 0 radical (unpaired) electrons. The summed E-state index contributed by atoms with van der Waals surface area (Å²) in [5.41, 5.74) is 2.65. The number of carbonyl (C=O) groups is 1. The number of hydrogen-bond acceptors (Lipinski definition) is 3. The molecule has 1 unspecified atom stereocenters. The van der Waals surface area contributed by atoms with Gasteiger partial charge >= 0.3 is 5.69 Å². The van der Waals surface area contributed by atoms with Crippen molar-refractivity contribution in [3.63, 3.8) is 0 Å². The number of imidazole rings is 1. The normalized spacial score (nSPS) is 12.4. The maximum absolute atomic E-state index is 12.5. The minimum atomic E-state index is -0.181. The first-order chi connectivity index (χ1) is 13.0. The van der Waals surface area contributed by atoms with Gasteiger partial charge in [-0.25, -0.2) is 4.79 Å². The average molecular weight is 366 g/mol. The number of amides is 1. The molecule has 0 aliphatic carbocycles. The molecular weight excluding hydrogens is 340 g/mol. The fourth-order valence-corrected chi connectivity index (χ4v) is 3.27. The second-order valence-electron chi connectivity index (χ2n) is 7.03. The lowest BCUT2D eigenvalue weighted by Crippen LogP contribution is -2.43.